The summed E-state index contributed by atoms with van der Waals surface area (Å²) in [5.41, 5.74) is -3.90. The smallest absolute Gasteiger partial charge is 0.352 e. The lowest BCUT2D eigenvalue weighted by atomic mass is 10.3. The molecule has 12 heteroatoms. The summed E-state index contributed by atoms with van der Waals surface area (Å²) in [6, 6.07) is 10.8. The first-order valence-electron chi connectivity index (χ1n) is 9.38. The van der Waals surface area contributed by atoms with Crippen LogP contribution in [0.1, 0.15) is 0 Å². The molecule has 1 aromatic carbocycles. The van der Waals surface area contributed by atoms with Gasteiger partial charge in [-0.1, -0.05) is 0 Å². The molecule has 0 spiro atoms. The molecule has 1 N–H and O–H groups in total. The zero-order valence-corrected chi connectivity index (χ0v) is 17.0. The SMILES string of the molecule is O=C(Nc1ccc(SC(F)(F)F)cc1)N1CCN(c2ccc(-n3cccn3)nn2)CC1. The van der Waals surface area contributed by atoms with Crippen LogP contribution in [0.25, 0.3) is 5.82 Å². The van der Waals surface area contributed by atoms with E-state index in [2.05, 4.69) is 20.6 Å². The van der Waals surface area contributed by atoms with E-state index in [1.54, 1.807) is 28.0 Å². The lowest BCUT2D eigenvalue weighted by molar-refractivity contribution is -0.0328. The fourth-order valence-corrected chi connectivity index (χ4v) is 3.63. The topological polar surface area (TPSA) is 79.2 Å². The zero-order chi connectivity index (χ0) is 21.8. The quantitative estimate of drug-likeness (QED) is 0.613. The third-order valence-corrected chi connectivity index (χ3v) is 5.34. The molecule has 3 aromatic rings. The normalized spacial score (nSPS) is 14.5. The van der Waals surface area contributed by atoms with E-state index < -0.39 is 5.51 Å². The fraction of sp³-hybridized carbons (Fsp3) is 0.263. The molecule has 31 heavy (non-hydrogen) atoms. The minimum absolute atomic E-state index is 0.0683. The molecule has 1 aliphatic heterocycles. The number of anilines is 2. The molecule has 0 atom stereocenters. The Bertz CT molecular complexity index is 1000. The van der Waals surface area contributed by atoms with Gasteiger partial charge in [-0.25, -0.2) is 9.48 Å². The van der Waals surface area contributed by atoms with Crippen LogP contribution in [0.4, 0.5) is 29.5 Å². The third kappa shape index (κ3) is 5.45. The van der Waals surface area contributed by atoms with Crippen molar-refractivity contribution < 1.29 is 18.0 Å². The van der Waals surface area contributed by atoms with Gasteiger partial charge in [0, 0.05) is 49.2 Å². The van der Waals surface area contributed by atoms with Crippen LogP contribution in [0.5, 0.6) is 0 Å². The number of hydrogen-bond acceptors (Lipinski definition) is 6. The van der Waals surface area contributed by atoms with Crippen molar-refractivity contribution >= 4 is 29.3 Å². The number of urea groups is 1. The Morgan fingerprint density at radius 2 is 1.65 bits per heavy atom. The van der Waals surface area contributed by atoms with Crippen LogP contribution in [0.15, 0.2) is 59.8 Å². The maximum atomic E-state index is 12.5. The molecule has 2 amide bonds. The number of carbonyl (C=O) groups is 1. The molecule has 162 valence electrons. The van der Waals surface area contributed by atoms with E-state index >= 15 is 0 Å². The van der Waals surface area contributed by atoms with Crippen molar-refractivity contribution in [3.05, 3.63) is 54.9 Å². The maximum absolute atomic E-state index is 12.5. The minimum atomic E-state index is -4.34. The molecule has 1 aliphatic rings. The van der Waals surface area contributed by atoms with Crippen LogP contribution >= 0.6 is 11.8 Å². The molecule has 1 saturated heterocycles. The van der Waals surface area contributed by atoms with Gasteiger partial charge in [-0.15, -0.1) is 10.2 Å². The van der Waals surface area contributed by atoms with Gasteiger partial charge >= 0.3 is 11.5 Å². The minimum Gasteiger partial charge on any atom is -0.352 e. The molecule has 8 nitrogen and oxygen atoms in total. The molecular formula is C19H18F3N7OS. The van der Waals surface area contributed by atoms with Crippen molar-refractivity contribution in [2.45, 2.75) is 10.4 Å². The van der Waals surface area contributed by atoms with E-state index in [1.165, 1.54) is 24.3 Å². The standard InChI is InChI=1S/C19H18F3N7OS/c20-19(21,22)31-15-4-2-14(3-5-15)24-18(30)28-12-10-27(11-13-28)16-6-7-17(26-25-16)29-9-1-8-23-29/h1-9H,10-13H2,(H,24,30). The van der Waals surface area contributed by atoms with Crippen LogP contribution in [0.2, 0.25) is 0 Å². The number of amides is 2. The third-order valence-electron chi connectivity index (χ3n) is 4.61. The van der Waals surface area contributed by atoms with Gasteiger partial charge in [0.1, 0.15) is 0 Å². The second-order valence-corrected chi connectivity index (χ2v) is 7.82. The first-order chi connectivity index (χ1) is 14.9. The fourth-order valence-electron chi connectivity index (χ4n) is 3.09. The number of carbonyl (C=O) groups excluding carboxylic acids is 1. The predicted molar refractivity (Wildman–Crippen MR) is 110 cm³/mol. The first-order valence-corrected chi connectivity index (χ1v) is 10.2. The lowest BCUT2D eigenvalue weighted by Gasteiger charge is -2.35. The number of nitrogens with one attached hydrogen (secondary N) is 1. The maximum Gasteiger partial charge on any atom is 0.446 e. The van der Waals surface area contributed by atoms with Gasteiger partial charge in [0.2, 0.25) is 0 Å². The number of thioether (sulfide) groups is 1. The largest absolute Gasteiger partial charge is 0.446 e. The number of benzene rings is 1. The summed E-state index contributed by atoms with van der Waals surface area (Å²) in [5, 5.41) is 15.3. The van der Waals surface area contributed by atoms with Crippen molar-refractivity contribution in [2.24, 2.45) is 0 Å². The van der Waals surface area contributed by atoms with Crippen LogP contribution in [0.3, 0.4) is 0 Å². The van der Waals surface area contributed by atoms with Crippen molar-refractivity contribution in [1.82, 2.24) is 24.9 Å². The summed E-state index contributed by atoms with van der Waals surface area (Å²) >= 11 is -0.190. The summed E-state index contributed by atoms with van der Waals surface area (Å²) in [5.74, 6) is 1.33. The summed E-state index contributed by atoms with van der Waals surface area (Å²) in [6.07, 6.45) is 3.44. The number of rotatable bonds is 4. The van der Waals surface area contributed by atoms with E-state index in [-0.39, 0.29) is 22.7 Å². The molecule has 4 rings (SSSR count). The highest BCUT2D eigenvalue weighted by molar-refractivity contribution is 8.00. The van der Waals surface area contributed by atoms with Crippen molar-refractivity contribution in [3.8, 4) is 5.82 Å². The second-order valence-electron chi connectivity index (χ2n) is 6.68. The van der Waals surface area contributed by atoms with E-state index in [1.807, 2.05) is 17.0 Å². The molecular weight excluding hydrogens is 431 g/mol. The van der Waals surface area contributed by atoms with Crippen LogP contribution in [0, 0.1) is 0 Å². The molecule has 2 aromatic heterocycles. The van der Waals surface area contributed by atoms with Crippen molar-refractivity contribution in [1.29, 1.82) is 0 Å². The van der Waals surface area contributed by atoms with Gasteiger partial charge in [-0.3, -0.25) is 0 Å². The van der Waals surface area contributed by atoms with E-state index in [9.17, 15) is 18.0 Å². The Morgan fingerprint density at radius 1 is 0.968 bits per heavy atom. The van der Waals surface area contributed by atoms with Crippen molar-refractivity contribution in [3.63, 3.8) is 0 Å². The van der Waals surface area contributed by atoms with E-state index in [4.69, 9.17) is 0 Å². The molecule has 0 unspecified atom stereocenters. The zero-order valence-electron chi connectivity index (χ0n) is 16.2. The monoisotopic (exact) mass is 449 g/mol. The average Bonchev–Trinajstić information content (AvgIpc) is 3.29. The van der Waals surface area contributed by atoms with Gasteiger partial charge in [0.25, 0.3) is 0 Å². The highest BCUT2D eigenvalue weighted by Crippen LogP contribution is 2.37. The summed E-state index contributed by atoms with van der Waals surface area (Å²) < 4.78 is 38.8. The van der Waals surface area contributed by atoms with Crippen LogP contribution in [-0.2, 0) is 0 Å². The molecule has 0 aliphatic carbocycles. The first kappa shape index (κ1) is 21.0. The summed E-state index contributed by atoms with van der Waals surface area (Å²) in [6.45, 7) is 2.14. The summed E-state index contributed by atoms with van der Waals surface area (Å²) in [7, 11) is 0. The van der Waals surface area contributed by atoms with Gasteiger partial charge in [0.05, 0.1) is 0 Å². The molecule has 3 heterocycles. The Hall–Kier alpha value is -3.28. The summed E-state index contributed by atoms with van der Waals surface area (Å²) in [4.78, 5) is 16.2. The van der Waals surface area contributed by atoms with Gasteiger partial charge < -0.3 is 15.1 Å². The molecule has 1 fully saturated rings. The number of alkyl halides is 3. The number of nitrogens with zero attached hydrogens (tertiary/aromatic N) is 6. The Balaban J connectivity index is 1.29. The Labute approximate surface area is 180 Å². The average molecular weight is 449 g/mol. The van der Waals surface area contributed by atoms with Crippen LogP contribution < -0.4 is 10.2 Å². The van der Waals surface area contributed by atoms with Gasteiger partial charge in [-0.2, -0.15) is 18.3 Å². The predicted octanol–water partition coefficient (Wildman–Crippen LogP) is 3.63. The van der Waals surface area contributed by atoms with Crippen molar-refractivity contribution in [2.75, 3.05) is 36.4 Å². The van der Waals surface area contributed by atoms with Crippen LogP contribution in [-0.4, -0.2) is 62.6 Å². The highest BCUT2D eigenvalue weighted by Gasteiger charge is 2.29. The molecule has 0 radical (unpaired) electrons. The number of piperazine rings is 1. The Kier molecular flexibility index (Phi) is 5.98. The molecule has 0 saturated carbocycles. The number of halogens is 3. The highest BCUT2D eigenvalue weighted by atomic mass is 32.2. The van der Waals surface area contributed by atoms with Gasteiger partial charge in [0.15, 0.2) is 11.6 Å². The van der Waals surface area contributed by atoms with E-state index in [0.29, 0.717) is 43.5 Å². The van der Waals surface area contributed by atoms with E-state index in [0.717, 1.165) is 0 Å². The number of aromatic nitrogens is 4. The Morgan fingerprint density at radius 3 is 2.23 bits per heavy atom. The second kappa shape index (κ2) is 8.84. The molecule has 0 bridgehead atoms. The van der Waals surface area contributed by atoms with Gasteiger partial charge in [-0.05, 0) is 54.2 Å². The number of hydrogen-bond donors (Lipinski definition) is 1. The lowest BCUT2D eigenvalue weighted by Crippen LogP contribution is -2.50.